The highest BCUT2D eigenvalue weighted by molar-refractivity contribution is 5.93. The van der Waals surface area contributed by atoms with Gasteiger partial charge in [0.05, 0.1) is 17.7 Å². The number of nitrogens with one attached hydrogen (secondary N) is 1. The lowest BCUT2D eigenvalue weighted by Crippen LogP contribution is -2.20. The largest absolute Gasteiger partial charge is 0.481 e. The zero-order chi connectivity index (χ0) is 13.9. The van der Waals surface area contributed by atoms with Gasteiger partial charge in [0.25, 0.3) is 0 Å². The van der Waals surface area contributed by atoms with E-state index in [0.29, 0.717) is 11.3 Å². The second kappa shape index (κ2) is 5.11. The van der Waals surface area contributed by atoms with E-state index in [1.807, 2.05) is 6.07 Å². The Bertz CT molecular complexity index is 556. The van der Waals surface area contributed by atoms with Crippen molar-refractivity contribution in [3.05, 3.63) is 29.8 Å². The van der Waals surface area contributed by atoms with Crippen LogP contribution < -0.4 is 5.32 Å². The average Bonchev–Trinajstić information content (AvgIpc) is 3.07. The molecule has 1 fully saturated rings. The van der Waals surface area contributed by atoms with Crippen LogP contribution in [-0.4, -0.2) is 17.0 Å². The number of hydrogen-bond acceptors (Lipinski definition) is 3. The molecule has 2 N–H and O–H groups in total. The Morgan fingerprint density at radius 2 is 2.00 bits per heavy atom. The lowest BCUT2D eigenvalue weighted by atomic mass is 9.97. The minimum atomic E-state index is -0.872. The van der Waals surface area contributed by atoms with E-state index in [4.69, 9.17) is 10.4 Å². The van der Waals surface area contributed by atoms with Crippen molar-refractivity contribution in [3.63, 3.8) is 0 Å². The number of aliphatic carboxylic acids is 1. The molecule has 5 nitrogen and oxygen atoms in total. The standard InChI is InChI=1S/C14H14N2O3/c15-9-10-3-1-2-4-11(10)16-12(17)7-14(5-6-14)8-13(18)19/h1-4H,5-8H2,(H,16,17)(H,18,19). The number of nitrogens with zero attached hydrogens (tertiary/aromatic N) is 1. The van der Waals surface area contributed by atoms with E-state index in [1.165, 1.54) is 0 Å². The second-order valence-corrected chi connectivity index (χ2v) is 4.95. The number of benzene rings is 1. The van der Waals surface area contributed by atoms with Gasteiger partial charge in [-0.25, -0.2) is 0 Å². The van der Waals surface area contributed by atoms with Gasteiger partial charge in [-0.05, 0) is 30.4 Å². The zero-order valence-corrected chi connectivity index (χ0v) is 10.3. The smallest absolute Gasteiger partial charge is 0.303 e. The highest BCUT2D eigenvalue weighted by Gasteiger charge is 2.45. The van der Waals surface area contributed by atoms with E-state index < -0.39 is 5.97 Å². The minimum Gasteiger partial charge on any atom is -0.481 e. The molecular formula is C14H14N2O3. The molecule has 0 spiro atoms. The van der Waals surface area contributed by atoms with Crippen molar-refractivity contribution in [3.8, 4) is 6.07 Å². The van der Waals surface area contributed by atoms with Gasteiger partial charge >= 0.3 is 5.97 Å². The summed E-state index contributed by atoms with van der Waals surface area (Å²) in [4.78, 5) is 22.6. The fourth-order valence-electron chi connectivity index (χ4n) is 2.14. The summed E-state index contributed by atoms with van der Waals surface area (Å²) in [5, 5.41) is 20.4. The van der Waals surface area contributed by atoms with Crippen molar-refractivity contribution in [2.45, 2.75) is 25.7 Å². The molecule has 0 bridgehead atoms. The fraction of sp³-hybridized carbons (Fsp3) is 0.357. The van der Waals surface area contributed by atoms with Crippen molar-refractivity contribution in [1.29, 1.82) is 5.26 Å². The van der Waals surface area contributed by atoms with Crippen molar-refractivity contribution in [2.24, 2.45) is 5.41 Å². The van der Waals surface area contributed by atoms with Crippen LogP contribution in [0.25, 0.3) is 0 Å². The van der Waals surface area contributed by atoms with Gasteiger partial charge in [-0.3, -0.25) is 9.59 Å². The predicted molar refractivity (Wildman–Crippen MR) is 68.3 cm³/mol. The molecule has 0 saturated heterocycles. The maximum absolute atomic E-state index is 11.9. The molecule has 1 saturated carbocycles. The summed E-state index contributed by atoms with van der Waals surface area (Å²) in [6.45, 7) is 0. The number of amides is 1. The SMILES string of the molecule is N#Cc1ccccc1NC(=O)CC1(CC(=O)O)CC1. The van der Waals surface area contributed by atoms with Crippen LogP contribution >= 0.6 is 0 Å². The normalized spacial score (nSPS) is 15.3. The lowest BCUT2D eigenvalue weighted by molar-refractivity contribution is -0.138. The number of carboxylic acid groups (broad SMARTS) is 1. The van der Waals surface area contributed by atoms with Gasteiger partial charge in [0.15, 0.2) is 0 Å². The zero-order valence-electron chi connectivity index (χ0n) is 10.3. The Morgan fingerprint density at radius 3 is 2.58 bits per heavy atom. The van der Waals surface area contributed by atoms with E-state index >= 15 is 0 Å². The third-order valence-electron chi connectivity index (χ3n) is 3.34. The predicted octanol–water partition coefficient (Wildman–Crippen LogP) is 2.14. The van der Waals surface area contributed by atoms with Crippen LogP contribution in [0.3, 0.4) is 0 Å². The molecule has 19 heavy (non-hydrogen) atoms. The number of rotatable bonds is 5. The molecule has 5 heteroatoms. The highest BCUT2D eigenvalue weighted by atomic mass is 16.4. The highest BCUT2D eigenvalue weighted by Crippen LogP contribution is 2.51. The fourth-order valence-corrected chi connectivity index (χ4v) is 2.14. The molecule has 1 aromatic carbocycles. The van der Waals surface area contributed by atoms with Crippen molar-refractivity contribution in [1.82, 2.24) is 0 Å². The van der Waals surface area contributed by atoms with E-state index in [0.717, 1.165) is 12.8 Å². The minimum absolute atomic E-state index is 0.0281. The summed E-state index contributed by atoms with van der Waals surface area (Å²) in [6, 6.07) is 8.75. The number of para-hydroxylation sites is 1. The molecule has 1 aromatic rings. The first-order valence-corrected chi connectivity index (χ1v) is 6.05. The maximum atomic E-state index is 11.9. The molecule has 1 aliphatic rings. The number of carbonyl (C=O) groups excluding carboxylic acids is 1. The summed E-state index contributed by atoms with van der Waals surface area (Å²) in [6.07, 6.45) is 1.76. The van der Waals surface area contributed by atoms with E-state index in [1.54, 1.807) is 24.3 Å². The van der Waals surface area contributed by atoms with Crippen LogP contribution in [0.5, 0.6) is 0 Å². The molecule has 0 aromatic heterocycles. The molecule has 0 aliphatic heterocycles. The van der Waals surface area contributed by atoms with E-state index in [-0.39, 0.29) is 24.2 Å². The summed E-state index contributed by atoms with van der Waals surface area (Å²) >= 11 is 0. The molecule has 0 unspecified atom stereocenters. The van der Waals surface area contributed by atoms with Gasteiger partial charge < -0.3 is 10.4 Å². The Morgan fingerprint density at radius 1 is 1.32 bits per heavy atom. The quantitative estimate of drug-likeness (QED) is 0.846. The van der Waals surface area contributed by atoms with Crippen molar-refractivity contribution < 1.29 is 14.7 Å². The van der Waals surface area contributed by atoms with Gasteiger partial charge in [0.2, 0.25) is 5.91 Å². The third-order valence-corrected chi connectivity index (χ3v) is 3.34. The van der Waals surface area contributed by atoms with Crippen LogP contribution in [0.4, 0.5) is 5.69 Å². The molecule has 0 heterocycles. The summed E-state index contributed by atoms with van der Waals surface area (Å²) in [7, 11) is 0. The molecule has 2 rings (SSSR count). The monoisotopic (exact) mass is 258 g/mol. The van der Waals surface area contributed by atoms with Crippen molar-refractivity contribution >= 4 is 17.6 Å². The van der Waals surface area contributed by atoms with E-state index in [9.17, 15) is 9.59 Å². The van der Waals surface area contributed by atoms with Crippen LogP contribution in [0, 0.1) is 16.7 Å². The molecule has 0 radical (unpaired) electrons. The Labute approximate surface area is 110 Å². The third kappa shape index (κ3) is 3.32. The van der Waals surface area contributed by atoms with Gasteiger partial charge in [-0.15, -0.1) is 0 Å². The molecule has 98 valence electrons. The number of carboxylic acids is 1. The van der Waals surface area contributed by atoms with Gasteiger partial charge in [0, 0.05) is 6.42 Å². The Hall–Kier alpha value is -2.35. The Balaban J connectivity index is 1.99. The Kier molecular flexibility index (Phi) is 3.52. The first kappa shape index (κ1) is 13.1. The molecular weight excluding hydrogens is 244 g/mol. The molecule has 1 aliphatic carbocycles. The number of anilines is 1. The number of carbonyl (C=O) groups is 2. The lowest BCUT2D eigenvalue weighted by Gasteiger charge is -2.12. The van der Waals surface area contributed by atoms with Crippen LogP contribution in [0.15, 0.2) is 24.3 Å². The average molecular weight is 258 g/mol. The maximum Gasteiger partial charge on any atom is 0.303 e. The van der Waals surface area contributed by atoms with Crippen LogP contribution in [0.2, 0.25) is 0 Å². The molecule has 1 amide bonds. The van der Waals surface area contributed by atoms with Gasteiger partial charge in [-0.1, -0.05) is 12.1 Å². The second-order valence-electron chi connectivity index (χ2n) is 4.95. The summed E-state index contributed by atoms with van der Waals surface area (Å²) in [5.74, 6) is -1.11. The van der Waals surface area contributed by atoms with Gasteiger partial charge in [0.1, 0.15) is 6.07 Å². The first-order valence-electron chi connectivity index (χ1n) is 6.05. The topological polar surface area (TPSA) is 90.2 Å². The van der Waals surface area contributed by atoms with Crippen LogP contribution in [-0.2, 0) is 9.59 Å². The summed E-state index contributed by atoms with van der Waals surface area (Å²) < 4.78 is 0. The number of hydrogen-bond donors (Lipinski definition) is 2. The molecule has 0 atom stereocenters. The summed E-state index contributed by atoms with van der Waals surface area (Å²) in [5.41, 5.74) is 0.498. The van der Waals surface area contributed by atoms with Crippen LogP contribution in [0.1, 0.15) is 31.2 Å². The number of nitriles is 1. The van der Waals surface area contributed by atoms with E-state index in [2.05, 4.69) is 5.32 Å². The van der Waals surface area contributed by atoms with Gasteiger partial charge in [-0.2, -0.15) is 5.26 Å². The first-order chi connectivity index (χ1) is 9.04. The van der Waals surface area contributed by atoms with Crippen molar-refractivity contribution in [2.75, 3.05) is 5.32 Å².